The molecule has 3 rings (SSSR count). The number of ether oxygens (including phenoxy) is 2. The standard InChI is InChI=1S/C16H19N3O3S.ClH/c1-17-6-2-3-15(20)19-16-18-12(10-23-16)11-4-5-13-14(9-11)22-8-7-21-13;/h4-5,9-10,17H,2-3,6-8H2,1H3,(H,18,19,20);1H. The van der Waals surface area contributed by atoms with Crippen LogP contribution in [0.2, 0.25) is 0 Å². The Bertz CT molecular complexity index is 693. The zero-order chi connectivity index (χ0) is 16.1. The number of aromatic nitrogens is 1. The number of carbonyl (C=O) groups is 1. The molecule has 1 aromatic carbocycles. The third kappa shape index (κ3) is 4.59. The zero-order valence-electron chi connectivity index (χ0n) is 13.3. The quantitative estimate of drug-likeness (QED) is 0.766. The predicted octanol–water partition coefficient (Wildman–Crippen LogP) is 2.94. The van der Waals surface area contributed by atoms with Crippen molar-refractivity contribution < 1.29 is 14.3 Å². The Morgan fingerprint density at radius 1 is 1.29 bits per heavy atom. The summed E-state index contributed by atoms with van der Waals surface area (Å²) in [7, 11) is 1.87. The molecule has 0 radical (unpaired) electrons. The molecule has 24 heavy (non-hydrogen) atoms. The molecule has 2 aromatic rings. The van der Waals surface area contributed by atoms with E-state index in [0.29, 0.717) is 24.8 Å². The van der Waals surface area contributed by atoms with Gasteiger partial charge in [-0.15, -0.1) is 23.7 Å². The van der Waals surface area contributed by atoms with E-state index in [2.05, 4.69) is 15.6 Å². The van der Waals surface area contributed by atoms with E-state index in [4.69, 9.17) is 9.47 Å². The molecule has 130 valence electrons. The lowest BCUT2D eigenvalue weighted by molar-refractivity contribution is -0.116. The van der Waals surface area contributed by atoms with Crippen LogP contribution in [0.5, 0.6) is 11.5 Å². The summed E-state index contributed by atoms with van der Waals surface area (Å²) in [4.78, 5) is 16.3. The van der Waals surface area contributed by atoms with Gasteiger partial charge in [-0.25, -0.2) is 4.98 Å². The maximum atomic E-state index is 11.8. The van der Waals surface area contributed by atoms with E-state index in [0.717, 1.165) is 35.7 Å². The summed E-state index contributed by atoms with van der Waals surface area (Å²) in [5.74, 6) is 1.48. The Kier molecular flexibility index (Phi) is 6.84. The van der Waals surface area contributed by atoms with E-state index in [-0.39, 0.29) is 18.3 Å². The lowest BCUT2D eigenvalue weighted by atomic mass is 10.1. The lowest BCUT2D eigenvalue weighted by Crippen LogP contribution is -2.15. The number of nitrogens with one attached hydrogen (secondary N) is 2. The van der Waals surface area contributed by atoms with Gasteiger partial charge >= 0.3 is 0 Å². The van der Waals surface area contributed by atoms with Gasteiger partial charge in [0.05, 0.1) is 5.69 Å². The summed E-state index contributed by atoms with van der Waals surface area (Å²) >= 11 is 1.42. The first-order valence-electron chi connectivity index (χ1n) is 7.56. The molecule has 1 aromatic heterocycles. The number of amides is 1. The molecule has 0 fully saturated rings. The minimum absolute atomic E-state index is 0. The monoisotopic (exact) mass is 369 g/mol. The number of carbonyl (C=O) groups excluding carboxylic acids is 1. The first kappa shape index (κ1) is 18.5. The van der Waals surface area contributed by atoms with Crippen LogP contribution in [0.25, 0.3) is 11.3 Å². The molecule has 0 saturated carbocycles. The van der Waals surface area contributed by atoms with Crippen LogP contribution in [-0.2, 0) is 4.79 Å². The van der Waals surface area contributed by atoms with Crippen LogP contribution < -0.4 is 20.1 Å². The topological polar surface area (TPSA) is 72.5 Å². The van der Waals surface area contributed by atoms with Crippen molar-refractivity contribution in [1.29, 1.82) is 0 Å². The average Bonchev–Trinajstić information content (AvgIpc) is 3.03. The van der Waals surface area contributed by atoms with E-state index in [1.54, 1.807) is 0 Å². The highest BCUT2D eigenvalue weighted by molar-refractivity contribution is 7.14. The number of hydrogen-bond donors (Lipinski definition) is 2. The van der Waals surface area contributed by atoms with Gasteiger partial charge in [0.15, 0.2) is 16.6 Å². The molecule has 8 heteroatoms. The van der Waals surface area contributed by atoms with Gasteiger partial charge in [0.2, 0.25) is 5.91 Å². The number of benzene rings is 1. The van der Waals surface area contributed by atoms with Gasteiger partial charge in [-0.1, -0.05) is 0 Å². The third-order valence-corrected chi connectivity index (χ3v) is 4.18. The summed E-state index contributed by atoms with van der Waals surface area (Å²) in [5.41, 5.74) is 1.76. The summed E-state index contributed by atoms with van der Waals surface area (Å²) in [5, 5.41) is 8.40. The molecule has 0 saturated heterocycles. The molecule has 2 heterocycles. The second-order valence-corrected chi connectivity index (χ2v) is 6.01. The molecule has 1 aliphatic heterocycles. The first-order chi connectivity index (χ1) is 11.3. The van der Waals surface area contributed by atoms with Crippen LogP contribution >= 0.6 is 23.7 Å². The molecule has 0 unspecified atom stereocenters. The van der Waals surface area contributed by atoms with E-state index in [1.807, 2.05) is 30.6 Å². The Morgan fingerprint density at radius 3 is 2.88 bits per heavy atom. The lowest BCUT2D eigenvalue weighted by Gasteiger charge is -2.18. The summed E-state index contributed by atoms with van der Waals surface area (Å²) in [6.45, 7) is 1.96. The van der Waals surface area contributed by atoms with Gasteiger partial charge in [0.1, 0.15) is 13.2 Å². The number of halogens is 1. The Morgan fingerprint density at radius 2 is 2.08 bits per heavy atom. The molecule has 1 aliphatic rings. The van der Waals surface area contributed by atoms with Crippen molar-refractivity contribution in [3.05, 3.63) is 23.6 Å². The largest absolute Gasteiger partial charge is 0.486 e. The van der Waals surface area contributed by atoms with E-state index in [1.165, 1.54) is 11.3 Å². The van der Waals surface area contributed by atoms with Crippen LogP contribution in [0.4, 0.5) is 5.13 Å². The molecule has 2 N–H and O–H groups in total. The fourth-order valence-corrected chi connectivity index (χ4v) is 3.01. The Labute approximate surface area is 151 Å². The Hall–Kier alpha value is -1.83. The van der Waals surface area contributed by atoms with Crippen LogP contribution in [0, 0.1) is 0 Å². The van der Waals surface area contributed by atoms with Crippen molar-refractivity contribution in [2.24, 2.45) is 0 Å². The number of rotatable bonds is 6. The van der Waals surface area contributed by atoms with E-state index < -0.39 is 0 Å². The van der Waals surface area contributed by atoms with Crippen molar-refractivity contribution in [2.45, 2.75) is 12.8 Å². The summed E-state index contributed by atoms with van der Waals surface area (Å²) in [6.07, 6.45) is 1.29. The zero-order valence-corrected chi connectivity index (χ0v) is 15.0. The molecular formula is C16H20ClN3O3S. The van der Waals surface area contributed by atoms with E-state index in [9.17, 15) is 4.79 Å². The molecule has 6 nitrogen and oxygen atoms in total. The molecule has 0 atom stereocenters. The molecule has 0 spiro atoms. The summed E-state index contributed by atoms with van der Waals surface area (Å²) < 4.78 is 11.1. The summed E-state index contributed by atoms with van der Waals surface area (Å²) in [6, 6.07) is 5.75. The molecule has 0 bridgehead atoms. The number of hydrogen-bond acceptors (Lipinski definition) is 6. The van der Waals surface area contributed by atoms with Crippen molar-refractivity contribution >= 4 is 34.8 Å². The van der Waals surface area contributed by atoms with Gasteiger partial charge in [-0.05, 0) is 38.2 Å². The van der Waals surface area contributed by atoms with Crippen molar-refractivity contribution in [2.75, 3.05) is 32.1 Å². The van der Waals surface area contributed by atoms with Gasteiger partial charge < -0.3 is 20.1 Å². The fourth-order valence-electron chi connectivity index (χ4n) is 2.27. The van der Waals surface area contributed by atoms with Gasteiger partial charge in [0, 0.05) is 17.4 Å². The highest BCUT2D eigenvalue weighted by Gasteiger charge is 2.14. The fraction of sp³-hybridized carbons (Fsp3) is 0.375. The van der Waals surface area contributed by atoms with Crippen LogP contribution in [0.3, 0.4) is 0 Å². The van der Waals surface area contributed by atoms with Crippen LogP contribution in [-0.4, -0.2) is 37.7 Å². The number of fused-ring (bicyclic) bond motifs is 1. The highest BCUT2D eigenvalue weighted by atomic mass is 35.5. The molecule has 0 aliphatic carbocycles. The normalized spacial score (nSPS) is 12.4. The minimum atomic E-state index is -0.0108. The third-order valence-electron chi connectivity index (χ3n) is 3.42. The second-order valence-electron chi connectivity index (χ2n) is 5.15. The molecule has 1 amide bonds. The van der Waals surface area contributed by atoms with Crippen LogP contribution in [0.1, 0.15) is 12.8 Å². The predicted molar refractivity (Wildman–Crippen MR) is 97.6 cm³/mol. The average molecular weight is 370 g/mol. The SMILES string of the molecule is CNCCCC(=O)Nc1nc(-c2ccc3c(c2)OCCO3)cs1.Cl. The minimum Gasteiger partial charge on any atom is -0.486 e. The van der Waals surface area contributed by atoms with Gasteiger partial charge in [-0.2, -0.15) is 0 Å². The van der Waals surface area contributed by atoms with Crippen molar-refractivity contribution in [3.63, 3.8) is 0 Å². The Balaban J connectivity index is 0.00000208. The van der Waals surface area contributed by atoms with Crippen LogP contribution in [0.15, 0.2) is 23.6 Å². The maximum absolute atomic E-state index is 11.8. The second kappa shape index (κ2) is 8.86. The molecular weight excluding hydrogens is 350 g/mol. The number of nitrogens with zero attached hydrogens (tertiary/aromatic N) is 1. The first-order valence-corrected chi connectivity index (χ1v) is 8.44. The van der Waals surface area contributed by atoms with Crippen molar-refractivity contribution in [3.8, 4) is 22.8 Å². The number of thiazole rings is 1. The van der Waals surface area contributed by atoms with Crippen molar-refractivity contribution in [1.82, 2.24) is 10.3 Å². The highest BCUT2D eigenvalue weighted by Crippen LogP contribution is 2.35. The van der Waals surface area contributed by atoms with Gasteiger partial charge in [-0.3, -0.25) is 4.79 Å². The smallest absolute Gasteiger partial charge is 0.226 e. The van der Waals surface area contributed by atoms with E-state index >= 15 is 0 Å². The number of anilines is 1. The maximum Gasteiger partial charge on any atom is 0.226 e. The van der Waals surface area contributed by atoms with Gasteiger partial charge in [0.25, 0.3) is 0 Å².